The number of nitrogens with zero attached hydrogens (tertiary/aromatic N) is 5. The molecule has 1 aliphatic carbocycles. The molecule has 1 saturated carbocycles. The fourth-order valence-electron chi connectivity index (χ4n) is 3.51. The van der Waals surface area contributed by atoms with Crippen LogP contribution >= 0.6 is 0 Å². The molecule has 3 heterocycles. The van der Waals surface area contributed by atoms with E-state index in [1.807, 2.05) is 19.9 Å². The van der Waals surface area contributed by atoms with Gasteiger partial charge in [-0.1, -0.05) is 5.16 Å². The predicted molar refractivity (Wildman–Crippen MR) is 87.9 cm³/mol. The Labute approximate surface area is 145 Å². The van der Waals surface area contributed by atoms with Gasteiger partial charge in [0.15, 0.2) is 5.82 Å². The summed E-state index contributed by atoms with van der Waals surface area (Å²) in [6, 6.07) is 1.95. The van der Waals surface area contributed by atoms with Crippen molar-refractivity contribution in [1.29, 1.82) is 0 Å². The molecule has 25 heavy (non-hydrogen) atoms. The summed E-state index contributed by atoms with van der Waals surface area (Å²) in [7, 11) is 0. The van der Waals surface area contributed by atoms with Crippen molar-refractivity contribution >= 4 is 5.91 Å². The van der Waals surface area contributed by atoms with E-state index in [9.17, 15) is 9.90 Å². The smallest absolute Gasteiger partial charge is 0.244 e. The monoisotopic (exact) mass is 345 g/mol. The Kier molecular flexibility index (Phi) is 4.07. The maximum absolute atomic E-state index is 12.7. The van der Waals surface area contributed by atoms with Gasteiger partial charge in [0.25, 0.3) is 0 Å². The van der Waals surface area contributed by atoms with E-state index in [1.54, 1.807) is 9.58 Å². The van der Waals surface area contributed by atoms with Crippen LogP contribution in [0.4, 0.5) is 0 Å². The molecule has 0 spiro atoms. The first-order valence-electron chi connectivity index (χ1n) is 8.78. The lowest BCUT2D eigenvalue weighted by Gasteiger charge is -2.16. The van der Waals surface area contributed by atoms with Crippen molar-refractivity contribution < 1.29 is 14.4 Å². The summed E-state index contributed by atoms with van der Waals surface area (Å²) in [5.74, 6) is 1.55. The van der Waals surface area contributed by atoms with Gasteiger partial charge in [0.05, 0.1) is 11.6 Å². The topological polar surface area (TPSA) is 97.3 Å². The van der Waals surface area contributed by atoms with Crippen molar-refractivity contribution in [2.75, 3.05) is 19.7 Å². The second kappa shape index (κ2) is 6.25. The number of aromatic nitrogens is 4. The molecule has 0 aromatic carbocycles. The number of rotatable bonds is 5. The van der Waals surface area contributed by atoms with Gasteiger partial charge < -0.3 is 14.5 Å². The number of hydrogen-bond donors (Lipinski definition) is 1. The Balaban J connectivity index is 1.46. The zero-order valence-electron chi connectivity index (χ0n) is 14.6. The van der Waals surface area contributed by atoms with Crippen LogP contribution in [0.2, 0.25) is 0 Å². The minimum atomic E-state index is -0.102. The van der Waals surface area contributed by atoms with Crippen LogP contribution in [-0.2, 0) is 11.3 Å². The molecule has 0 bridgehead atoms. The number of aryl methyl sites for hydroxylation is 2. The van der Waals surface area contributed by atoms with Gasteiger partial charge in [-0.15, -0.1) is 0 Å². The first-order valence-corrected chi connectivity index (χ1v) is 8.78. The lowest BCUT2D eigenvalue weighted by molar-refractivity contribution is -0.131. The standard InChI is InChI=1S/C17H23N5O3/c1-10-5-11(2)22(19-10)8-15(24)21-6-13(9-23)14(7-21)17-18-16(20-25-17)12-3-4-12/h5,12-14,23H,3-4,6-9H2,1-2H3/t13-,14+/m0/s1. The van der Waals surface area contributed by atoms with E-state index in [0.29, 0.717) is 24.9 Å². The van der Waals surface area contributed by atoms with Gasteiger partial charge in [-0.3, -0.25) is 9.48 Å². The Morgan fingerprint density at radius 3 is 2.80 bits per heavy atom. The lowest BCUT2D eigenvalue weighted by atomic mass is 9.97. The zero-order chi connectivity index (χ0) is 17.6. The van der Waals surface area contributed by atoms with Crippen LogP contribution in [0.1, 0.15) is 47.8 Å². The van der Waals surface area contributed by atoms with Crippen LogP contribution < -0.4 is 0 Å². The number of aliphatic hydroxyl groups is 1. The molecule has 1 aliphatic heterocycles. The highest BCUT2D eigenvalue weighted by Gasteiger charge is 2.40. The molecule has 8 nitrogen and oxygen atoms in total. The number of hydrogen-bond acceptors (Lipinski definition) is 6. The summed E-state index contributed by atoms with van der Waals surface area (Å²) in [5.41, 5.74) is 1.86. The van der Waals surface area contributed by atoms with E-state index in [4.69, 9.17) is 4.52 Å². The lowest BCUT2D eigenvalue weighted by Crippen LogP contribution is -2.33. The van der Waals surface area contributed by atoms with Gasteiger partial charge in [0.1, 0.15) is 6.54 Å². The highest BCUT2D eigenvalue weighted by molar-refractivity contribution is 5.76. The molecule has 2 fully saturated rings. The molecule has 2 atom stereocenters. The van der Waals surface area contributed by atoms with E-state index < -0.39 is 0 Å². The molecule has 2 aromatic heterocycles. The largest absolute Gasteiger partial charge is 0.396 e. The van der Waals surface area contributed by atoms with E-state index in [0.717, 1.165) is 30.1 Å². The van der Waals surface area contributed by atoms with Gasteiger partial charge in [-0.05, 0) is 32.8 Å². The quantitative estimate of drug-likeness (QED) is 0.868. The van der Waals surface area contributed by atoms with Crippen molar-refractivity contribution in [3.63, 3.8) is 0 Å². The molecule has 1 amide bonds. The molecule has 4 rings (SSSR count). The molecular weight excluding hydrogens is 322 g/mol. The molecule has 1 saturated heterocycles. The van der Waals surface area contributed by atoms with Gasteiger partial charge in [0.2, 0.25) is 11.8 Å². The van der Waals surface area contributed by atoms with E-state index in [-0.39, 0.29) is 30.9 Å². The molecule has 134 valence electrons. The fourth-order valence-corrected chi connectivity index (χ4v) is 3.51. The van der Waals surface area contributed by atoms with E-state index in [2.05, 4.69) is 15.2 Å². The van der Waals surface area contributed by atoms with Gasteiger partial charge in [-0.2, -0.15) is 10.1 Å². The molecule has 1 N–H and O–H groups in total. The van der Waals surface area contributed by atoms with Crippen LogP contribution in [-0.4, -0.2) is 55.5 Å². The molecule has 2 aromatic rings. The molecule has 8 heteroatoms. The van der Waals surface area contributed by atoms with Crippen molar-refractivity contribution in [1.82, 2.24) is 24.8 Å². The van der Waals surface area contributed by atoms with Crippen LogP contribution in [0.15, 0.2) is 10.6 Å². The summed E-state index contributed by atoms with van der Waals surface area (Å²) < 4.78 is 7.14. The summed E-state index contributed by atoms with van der Waals surface area (Å²) in [6.45, 7) is 5.05. The highest BCUT2D eigenvalue weighted by Crippen LogP contribution is 2.39. The number of aliphatic hydroxyl groups excluding tert-OH is 1. The third kappa shape index (κ3) is 3.18. The highest BCUT2D eigenvalue weighted by atomic mass is 16.5. The summed E-state index contributed by atoms with van der Waals surface area (Å²) in [5, 5.41) is 18.1. The van der Waals surface area contributed by atoms with Crippen LogP contribution in [0, 0.1) is 19.8 Å². The van der Waals surface area contributed by atoms with Gasteiger partial charge >= 0.3 is 0 Å². The average molecular weight is 345 g/mol. The number of carbonyl (C=O) groups excluding carboxylic acids is 1. The maximum Gasteiger partial charge on any atom is 0.244 e. The van der Waals surface area contributed by atoms with Crippen molar-refractivity contribution in [3.05, 3.63) is 29.2 Å². The van der Waals surface area contributed by atoms with E-state index >= 15 is 0 Å². The SMILES string of the molecule is Cc1cc(C)n(CC(=O)N2C[C@@H](CO)[C@H](c3nc(C4CC4)no3)C2)n1. The summed E-state index contributed by atoms with van der Waals surface area (Å²) >= 11 is 0. The Morgan fingerprint density at radius 1 is 1.36 bits per heavy atom. The van der Waals surface area contributed by atoms with Gasteiger partial charge in [0, 0.05) is 37.2 Å². The average Bonchev–Trinajstić information content (AvgIpc) is 3.03. The van der Waals surface area contributed by atoms with E-state index in [1.165, 1.54) is 0 Å². The normalized spacial score (nSPS) is 23.4. The van der Waals surface area contributed by atoms with Crippen LogP contribution in [0.3, 0.4) is 0 Å². The Hall–Kier alpha value is -2.22. The maximum atomic E-state index is 12.7. The van der Waals surface area contributed by atoms with Crippen molar-refractivity contribution in [2.24, 2.45) is 5.92 Å². The zero-order valence-corrected chi connectivity index (χ0v) is 14.6. The second-order valence-electron chi connectivity index (χ2n) is 7.20. The fraction of sp³-hybridized carbons (Fsp3) is 0.647. The predicted octanol–water partition coefficient (Wildman–Crippen LogP) is 0.995. The summed E-state index contributed by atoms with van der Waals surface area (Å²) in [6.07, 6.45) is 2.22. The van der Waals surface area contributed by atoms with Crippen LogP contribution in [0.25, 0.3) is 0 Å². The van der Waals surface area contributed by atoms with Crippen molar-refractivity contribution in [2.45, 2.75) is 45.1 Å². The van der Waals surface area contributed by atoms with Gasteiger partial charge in [-0.25, -0.2) is 0 Å². The molecule has 0 radical (unpaired) electrons. The minimum Gasteiger partial charge on any atom is -0.396 e. The molecular formula is C17H23N5O3. The summed E-state index contributed by atoms with van der Waals surface area (Å²) in [4.78, 5) is 18.9. The van der Waals surface area contributed by atoms with Crippen LogP contribution in [0.5, 0.6) is 0 Å². The Morgan fingerprint density at radius 2 is 2.16 bits per heavy atom. The second-order valence-corrected chi connectivity index (χ2v) is 7.20. The number of amides is 1. The first-order chi connectivity index (χ1) is 12.0. The molecule has 0 unspecified atom stereocenters. The minimum absolute atomic E-state index is 0.00447. The Bertz CT molecular complexity index is 779. The number of likely N-dealkylation sites (tertiary alicyclic amines) is 1. The first kappa shape index (κ1) is 16.3. The third-order valence-corrected chi connectivity index (χ3v) is 5.13. The third-order valence-electron chi connectivity index (χ3n) is 5.13. The van der Waals surface area contributed by atoms with Crippen molar-refractivity contribution in [3.8, 4) is 0 Å². The number of carbonyl (C=O) groups is 1. The molecule has 2 aliphatic rings.